The minimum atomic E-state index is 0.797. The molecule has 0 bridgehead atoms. The fourth-order valence-electron chi connectivity index (χ4n) is 2.10. The molecular formula is C11H21N. The SMILES string of the molecule is CC1CCC(=CCCN)C(C)C1. The number of hydrogen-bond donors (Lipinski definition) is 1. The van der Waals surface area contributed by atoms with E-state index in [0.717, 1.165) is 24.8 Å². The van der Waals surface area contributed by atoms with Crippen LogP contribution in [0.15, 0.2) is 11.6 Å². The molecule has 1 aliphatic carbocycles. The van der Waals surface area contributed by atoms with Crippen LogP contribution in [0.25, 0.3) is 0 Å². The first-order valence-electron chi connectivity index (χ1n) is 5.13. The van der Waals surface area contributed by atoms with Crippen molar-refractivity contribution in [2.75, 3.05) is 6.54 Å². The molecule has 0 aromatic carbocycles. The van der Waals surface area contributed by atoms with Gasteiger partial charge in [0.15, 0.2) is 0 Å². The molecule has 12 heavy (non-hydrogen) atoms. The molecule has 0 aromatic rings. The zero-order valence-corrected chi connectivity index (χ0v) is 8.34. The summed E-state index contributed by atoms with van der Waals surface area (Å²) >= 11 is 0. The Hall–Kier alpha value is -0.300. The average Bonchev–Trinajstić information content (AvgIpc) is 2.03. The maximum Gasteiger partial charge on any atom is -0.00425 e. The number of allylic oxidation sites excluding steroid dienone is 1. The summed E-state index contributed by atoms with van der Waals surface area (Å²) in [6.07, 6.45) is 7.48. The van der Waals surface area contributed by atoms with Crippen molar-refractivity contribution < 1.29 is 0 Å². The number of nitrogens with two attached hydrogens (primary N) is 1. The lowest BCUT2D eigenvalue weighted by molar-refractivity contribution is 0.370. The van der Waals surface area contributed by atoms with Crippen LogP contribution >= 0.6 is 0 Å². The minimum Gasteiger partial charge on any atom is -0.330 e. The highest BCUT2D eigenvalue weighted by molar-refractivity contribution is 5.08. The summed E-state index contributed by atoms with van der Waals surface area (Å²) in [5, 5.41) is 0. The van der Waals surface area contributed by atoms with Gasteiger partial charge in [-0.1, -0.05) is 25.5 Å². The summed E-state index contributed by atoms with van der Waals surface area (Å²) in [7, 11) is 0. The summed E-state index contributed by atoms with van der Waals surface area (Å²) in [6.45, 7) is 5.50. The molecule has 0 saturated heterocycles. The second-order valence-electron chi connectivity index (χ2n) is 4.14. The lowest BCUT2D eigenvalue weighted by atomic mass is 9.79. The van der Waals surface area contributed by atoms with Crippen LogP contribution in [0, 0.1) is 11.8 Å². The fourth-order valence-corrected chi connectivity index (χ4v) is 2.10. The van der Waals surface area contributed by atoms with Crippen molar-refractivity contribution in [2.45, 2.75) is 39.5 Å². The molecule has 0 heterocycles. The maximum absolute atomic E-state index is 5.47. The van der Waals surface area contributed by atoms with E-state index in [1.165, 1.54) is 19.3 Å². The Morgan fingerprint density at radius 3 is 2.83 bits per heavy atom. The van der Waals surface area contributed by atoms with Crippen LogP contribution in [0.1, 0.15) is 39.5 Å². The Morgan fingerprint density at radius 1 is 1.50 bits per heavy atom. The summed E-state index contributed by atoms with van der Waals surface area (Å²) in [5.41, 5.74) is 7.13. The first kappa shape index (κ1) is 9.79. The summed E-state index contributed by atoms with van der Waals surface area (Å²) in [5.74, 6) is 1.73. The van der Waals surface area contributed by atoms with Crippen LogP contribution in [-0.2, 0) is 0 Å². The molecule has 2 unspecified atom stereocenters. The third-order valence-electron chi connectivity index (χ3n) is 2.89. The Balaban J connectivity index is 2.44. The Bertz CT molecular complexity index is 160. The molecule has 0 aromatic heterocycles. The van der Waals surface area contributed by atoms with E-state index >= 15 is 0 Å². The van der Waals surface area contributed by atoms with Crippen LogP contribution in [-0.4, -0.2) is 6.54 Å². The van der Waals surface area contributed by atoms with Crippen molar-refractivity contribution in [3.63, 3.8) is 0 Å². The molecule has 1 fully saturated rings. The largest absolute Gasteiger partial charge is 0.330 e. The van der Waals surface area contributed by atoms with Gasteiger partial charge in [0.05, 0.1) is 0 Å². The molecule has 1 aliphatic rings. The van der Waals surface area contributed by atoms with Gasteiger partial charge in [0.25, 0.3) is 0 Å². The molecule has 0 aliphatic heterocycles. The van der Waals surface area contributed by atoms with Crippen molar-refractivity contribution in [3.8, 4) is 0 Å². The Morgan fingerprint density at radius 2 is 2.25 bits per heavy atom. The van der Waals surface area contributed by atoms with E-state index in [1.807, 2.05) is 0 Å². The molecule has 0 radical (unpaired) electrons. The first-order valence-corrected chi connectivity index (χ1v) is 5.13. The van der Waals surface area contributed by atoms with Crippen LogP contribution in [0.5, 0.6) is 0 Å². The van der Waals surface area contributed by atoms with Gasteiger partial charge in [-0.15, -0.1) is 0 Å². The Labute approximate surface area is 76.0 Å². The van der Waals surface area contributed by atoms with Crippen LogP contribution < -0.4 is 5.73 Å². The second kappa shape index (κ2) is 4.66. The molecule has 1 saturated carbocycles. The first-order chi connectivity index (χ1) is 5.74. The third-order valence-corrected chi connectivity index (χ3v) is 2.89. The van der Waals surface area contributed by atoms with Gasteiger partial charge in [0.1, 0.15) is 0 Å². The van der Waals surface area contributed by atoms with E-state index in [0.29, 0.717) is 0 Å². The molecule has 2 N–H and O–H groups in total. The van der Waals surface area contributed by atoms with Gasteiger partial charge >= 0.3 is 0 Å². The zero-order valence-electron chi connectivity index (χ0n) is 8.34. The predicted octanol–water partition coefficient (Wildman–Crippen LogP) is 2.72. The van der Waals surface area contributed by atoms with E-state index < -0.39 is 0 Å². The molecule has 1 rings (SSSR count). The quantitative estimate of drug-likeness (QED) is 0.629. The Kier molecular flexibility index (Phi) is 3.80. The fraction of sp³-hybridized carbons (Fsp3) is 0.818. The second-order valence-corrected chi connectivity index (χ2v) is 4.14. The predicted molar refractivity (Wildman–Crippen MR) is 53.9 cm³/mol. The van der Waals surface area contributed by atoms with Crippen LogP contribution in [0.4, 0.5) is 0 Å². The van der Waals surface area contributed by atoms with Crippen molar-refractivity contribution in [1.82, 2.24) is 0 Å². The molecule has 1 nitrogen and oxygen atoms in total. The monoisotopic (exact) mass is 167 g/mol. The molecular weight excluding hydrogens is 146 g/mol. The van der Waals surface area contributed by atoms with Gasteiger partial charge < -0.3 is 5.73 Å². The van der Waals surface area contributed by atoms with Gasteiger partial charge in [-0.05, 0) is 44.1 Å². The maximum atomic E-state index is 5.47. The van der Waals surface area contributed by atoms with Gasteiger partial charge in [0.2, 0.25) is 0 Å². The normalized spacial score (nSPS) is 34.1. The van der Waals surface area contributed by atoms with E-state index in [9.17, 15) is 0 Å². The molecule has 1 heteroatoms. The smallest absolute Gasteiger partial charge is 0.00425 e. The van der Waals surface area contributed by atoms with Crippen molar-refractivity contribution in [2.24, 2.45) is 17.6 Å². The molecule has 0 spiro atoms. The third kappa shape index (κ3) is 2.63. The standard InChI is InChI=1S/C11H21N/c1-9-5-6-11(4-3-7-12)10(2)8-9/h4,9-10H,3,5-8,12H2,1-2H3. The van der Waals surface area contributed by atoms with Crippen LogP contribution in [0.2, 0.25) is 0 Å². The molecule has 0 amide bonds. The molecule has 70 valence electrons. The highest BCUT2D eigenvalue weighted by Crippen LogP contribution is 2.32. The van der Waals surface area contributed by atoms with E-state index in [-0.39, 0.29) is 0 Å². The van der Waals surface area contributed by atoms with Gasteiger partial charge in [-0.2, -0.15) is 0 Å². The minimum absolute atomic E-state index is 0.797. The number of hydrogen-bond acceptors (Lipinski definition) is 1. The highest BCUT2D eigenvalue weighted by atomic mass is 14.5. The van der Waals surface area contributed by atoms with Crippen molar-refractivity contribution in [1.29, 1.82) is 0 Å². The average molecular weight is 167 g/mol. The van der Waals surface area contributed by atoms with E-state index in [2.05, 4.69) is 19.9 Å². The topological polar surface area (TPSA) is 26.0 Å². The summed E-state index contributed by atoms with van der Waals surface area (Å²) in [6, 6.07) is 0. The van der Waals surface area contributed by atoms with Crippen LogP contribution in [0.3, 0.4) is 0 Å². The van der Waals surface area contributed by atoms with Crippen molar-refractivity contribution >= 4 is 0 Å². The van der Waals surface area contributed by atoms with Crippen molar-refractivity contribution in [3.05, 3.63) is 11.6 Å². The van der Waals surface area contributed by atoms with Gasteiger partial charge in [0, 0.05) is 0 Å². The lowest BCUT2D eigenvalue weighted by Crippen LogP contribution is -2.13. The van der Waals surface area contributed by atoms with Gasteiger partial charge in [-0.3, -0.25) is 0 Å². The summed E-state index contributed by atoms with van der Waals surface area (Å²) < 4.78 is 0. The highest BCUT2D eigenvalue weighted by Gasteiger charge is 2.18. The summed E-state index contributed by atoms with van der Waals surface area (Å²) in [4.78, 5) is 0. The van der Waals surface area contributed by atoms with E-state index in [4.69, 9.17) is 5.73 Å². The molecule has 2 atom stereocenters. The zero-order chi connectivity index (χ0) is 8.97. The van der Waals surface area contributed by atoms with Gasteiger partial charge in [-0.25, -0.2) is 0 Å². The van der Waals surface area contributed by atoms with E-state index in [1.54, 1.807) is 5.57 Å². The lowest BCUT2D eigenvalue weighted by Gasteiger charge is -2.27. The number of rotatable bonds is 2.